The van der Waals surface area contributed by atoms with E-state index in [1.54, 1.807) is 0 Å². The number of unbranched alkanes of at least 4 members (excludes halogenated alkanes) is 2. The lowest BCUT2D eigenvalue weighted by atomic mass is 10.0. The molecule has 0 fully saturated rings. The Morgan fingerprint density at radius 2 is 1.19 bits per heavy atom. The van der Waals surface area contributed by atoms with E-state index in [-0.39, 0.29) is 6.15 Å². The fraction of sp³-hybridized carbons (Fsp3) is 0.941. The standard InChI is InChI=1S/C16H35O4P.CH2O3.H3N/c1-5-9-11-15(7-3)13-19-21(17,18)20-14-16(8-4)12-10-6-2;2-1(3)4;/h15-16H,5-14H2,1-4H3,(H,17,18);(H2,2,3,4);1H3. The zero-order chi connectivity index (χ0) is 19.7. The lowest BCUT2D eigenvalue weighted by Crippen LogP contribution is -2.12. The normalized spacial score (nSPS) is 15.0. The molecule has 0 bridgehead atoms. The monoisotopic (exact) mass is 401 g/mol. The predicted molar refractivity (Wildman–Crippen MR) is 104 cm³/mol. The minimum absolute atomic E-state index is 0. The first-order valence-electron chi connectivity index (χ1n) is 9.25. The third-order valence-corrected chi connectivity index (χ3v) is 4.98. The second kappa shape index (κ2) is 19.1. The van der Waals surface area contributed by atoms with Gasteiger partial charge in [-0.25, -0.2) is 9.36 Å². The van der Waals surface area contributed by atoms with E-state index in [0.717, 1.165) is 51.4 Å². The van der Waals surface area contributed by atoms with Crippen LogP contribution in [0.1, 0.15) is 79.1 Å². The Balaban J connectivity index is -0.000000951. The highest BCUT2D eigenvalue weighted by Gasteiger charge is 2.24. The largest absolute Gasteiger partial charge is 0.503 e. The van der Waals surface area contributed by atoms with Gasteiger partial charge in [0.25, 0.3) is 0 Å². The number of hydrogen-bond donors (Lipinski definition) is 4. The van der Waals surface area contributed by atoms with Crippen molar-refractivity contribution in [2.75, 3.05) is 13.2 Å². The molecule has 0 saturated carbocycles. The minimum Gasteiger partial charge on any atom is -0.450 e. The summed E-state index contributed by atoms with van der Waals surface area (Å²) in [5, 5.41) is 13.9. The SMILES string of the molecule is CCCCC(CC)COP(=O)(O)OCC(CC)CCCC.N.O=C(O)O. The molecule has 0 heterocycles. The van der Waals surface area contributed by atoms with Gasteiger partial charge in [-0.3, -0.25) is 9.05 Å². The van der Waals surface area contributed by atoms with Gasteiger partial charge in [-0.05, 0) is 24.7 Å². The highest BCUT2D eigenvalue weighted by Crippen LogP contribution is 2.44. The molecular weight excluding hydrogens is 361 g/mol. The number of carbonyl (C=O) groups is 1. The molecule has 0 rings (SSSR count). The maximum Gasteiger partial charge on any atom is 0.503 e. The van der Waals surface area contributed by atoms with Crippen LogP contribution >= 0.6 is 7.82 Å². The quantitative estimate of drug-likeness (QED) is 0.261. The van der Waals surface area contributed by atoms with Crippen LogP contribution in [0.4, 0.5) is 4.79 Å². The summed E-state index contributed by atoms with van der Waals surface area (Å²) in [5.74, 6) is 0.687. The summed E-state index contributed by atoms with van der Waals surface area (Å²) in [6, 6.07) is 0. The summed E-state index contributed by atoms with van der Waals surface area (Å²) in [6.07, 6.45) is 6.73. The maximum absolute atomic E-state index is 11.9. The van der Waals surface area contributed by atoms with Crippen molar-refractivity contribution in [2.24, 2.45) is 11.8 Å². The Kier molecular flexibility index (Phi) is 22.1. The number of rotatable bonds is 14. The van der Waals surface area contributed by atoms with Crippen molar-refractivity contribution in [3.8, 4) is 0 Å². The molecule has 0 aliphatic carbocycles. The van der Waals surface area contributed by atoms with E-state index in [4.69, 9.17) is 24.1 Å². The van der Waals surface area contributed by atoms with Crippen LogP contribution in [0.15, 0.2) is 0 Å². The molecule has 9 heteroatoms. The predicted octanol–water partition coefficient (Wildman–Crippen LogP) is 5.94. The van der Waals surface area contributed by atoms with Gasteiger partial charge in [0, 0.05) is 0 Å². The highest BCUT2D eigenvalue weighted by atomic mass is 31.2. The summed E-state index contributed by atoms with van der Waals surface area (Å²) in [6.45, 7) is 9.10. The third kappa shape index (κ3) is 21.4. The first-order chi connectivity index (χ1) is 11.7. The van der Waals surface area contributed by atoms with E-state index in [1.807, 2.05) is 0 Å². The van der Waals surface area contributed by atoms with Crippen molar-refractivity contribution in [3.05, 3.63) is 0 Å². The fourth-order valence-corrected chi connectivity index (χ4v) is 3.11. The molecule has 26 heavy (non-hydrogen) atoms. The highest BCUT2D eigenvalue weighted by molar-refractivity contribution is 7.47. The van der Waals surface area contributed by atoms with E-state index < -0.39 is 14.0 Å². The van der Waals surface area contributed by atoms with Gasteiger partial charge in [-0.1, -0.05) is 66.2 Å². The van der Waals surface area contributed by atoms with Crippen molar-refractivity contribution < 1.29 is 33.5 Å². The average Bonchev–Trinajstić information content (AvgIpc) is 2.54. The van der Waals surface area contributed by atoms with Crippen molar-refractivity contribution in [2.45, 2.75) is 79.1 Å². The smallest absolute Gasteiger partial charge is 0.450 e. The molecule has 0 saturated heterocycles. The fourth-order valence-electron chi connectivity index (χ4n) is 2.23. The van der Waals surface area contributed by atoms with Crippen LogP contribution in [-0.4, -0.2) is 34.5 Å². The van der Waals surface area contributed by atoms with Crippen molar-refractivity contribution in [1.82, 2.24) is 6.15 Å². The Labute approximate surface area is 158 Å². The molecular formula is C17H40NO7P. The van der Waals surface area contributed by atoms with Gasteiger partial charge in [0.05, 0.1) is 13.2 Å². The van der Waals surface area contributed by atoms with Crippen LogP contribution in [0.2, 0.25) is 0 Å². The molecule has 0 aromatic rings. The van der Waals surface area contributed by atoms with Gasteiger partial charge in [-0.2, -0.15) is 0 Å². The Morgan fingerprint density at radius 3 is 1.42 bits per heavy atom. The Bertz CT molecular complexity index is 341. The number of hydrogen-bond acceptors (Lipinski definition) is 5. The van der Waals surface area contributed by atoms with Crippen molar-refractivity contribution >= 4 is 14.0 Å². The van der Waals surface area contributed by atoms with Crippen LogP contribution in [0.3, 0.4) is 0 Å². The third-order valence-electron chi connectivity index (χ3n) is 4.03. The summed E-state index contributed by atoms with van der Waals surface area (Å²) in [5.41, 5.74) is 0. The maximum atomic E-state index is 11.9. The topological polar surface area (TPSA) is 148 Å². The van der Waals surface area contributed by atoms with Gasteiger partial charge >= 0.3 is 14.0 Å². The van der Waals surface area contributed by atoms with Gasteiger partial charge in [0.2, 0.25) is 0 Å². The molecule has 8 nitrogen and oxygen atoms in total. The molecule has 2 unspecified atom stereocenters. The van der Waals surface area contributed by atoms with Gasteiger partial charge < -0.3 is 21.3 Å². The molecule has 2 atom stereocenters. The molecule has 0 aliphatic rings. The van der Waals surface area contributed by atoms with Crippen LogP contribution in [0.5, 0.6) is 0 Å². The van der Waals surface area contributed by atoms with E-state index in [1.165, 1.54) is 0 Å². The molecule has 6 N–H and O–H groups in total. The lowest BCUT2D eigenvalue weighted by Gasteiger charge is -2.20. The lowest BCUT2D eigenvalue weighted by molar-refractivity contribution is 0.110. The number of phosphoric ester groups is 1. The number of phosphoric acid groups is 1. The molecule has 160 valence electrons. The first-order valence-corrected chi connectivity index (χ1v) is 10.7. The van der Waals surface area contributed by atoms with E-state index >= 15 is 0 Å². The van der Waals surface area contributed by atoms with Gasteiger partial charge in [0.15, 0.2) is 0 Å². The molecule has 0 aliphatic heterocycles. The molecule has 0 amide bonds. The zero-order valence-corrected chi connectivity index (χ0v) is 17.7. The van der Waals surface area contributed by atoms with Crippen molar-refractivity contribution in [1.29, 1.82) is 0 Å². The zero-order valence-electron chi connectivity index (χ0n) is 16.9. The van der Waals surface area contributed by atoms with Crippen LogP contribution in [0, 0.1) is 11.8 Å². The average molecular weight is 401 g/mol. The number of carboxylic acid groups (broad SMARTS) is 2. The second-order valence-corrected chi connectivity index (χ2v) is 7.63. The van der Waals surface area contributed by atoms with Gasteiger partial charge in [0.1, 0.15) is 0 Å². The van der Waals surface area contributed by atoms with E-state index in [9.17, 15) is 9.46 Å². The Hall–Kier alpha value is -0.660. The van der Waals surface area contributed by atoms with E-state index in [2.05, 4.69) is 27.7 Å². The summed E-state index contributed by atoms with van der Waals surface area (Å²) in [7, 11) is -3.89. The van der Waals surface area contributed by atoms with Crippen LogP contribution in [-0.2, 0) is 13.6 Å². The summed E-state index contributed by atoms with van der Waals surface area (Å²) in [4.78, 5) is 18.3. The second-order valence-electron chi connectivity index (χ2n) is 6.18. The van der Waals surface area contributed by atoms with Crippen LogP contribution < -0.4 is 6.15 Å². The summed E-state index contributed by atoms with van der Waals surface area (Å²) >= 11 is 0. The van der Waals surface area contributed by atoms with Crippen molar-refractivity contribution in [3.63, 3.8) is 0 Å². The molecule has 0 radical (unpaired) electrons. The van der Waals surface area contributed by atoms with E-state index in [0.29, 0.717) is 25.0 Å². The Morgan fingerprint density at radius 1 is 0.885 bits per heavy atom. The van der Waals surface area contributed by atoms with Gasteiger partial charge in [-0.15, -0.1) is 0 Å². The summed E-state index contributed by atoms with van der Waals surface area (Å²) < 4.78 is 22.2. The first kappa shape index (κ1) is 30.1. The molecule has 0 aromatic carbocycles. The molecule has 0 aromatic heterocycles. The minimum atomic E-state index is -3.89. The molecule has 0 spiro atoms. The van der Waals surface area contributed by atoms with Crippen LogP contribution in [0.25, 0.3) is 0 Å².